The molecule has 2 heterocycles. The van der Waals surface area contributed by atoms with Gasteiger partial charge in [0, 0.05) is 2.85 Å². The maximum atomic E-state index is 12.9. The lowest BCUT2D eigenvalue weighted by atomic mass is 9.85. The van der Waals surface area contributed by atoms with Crippen molar-refractivity contribution < 1.29 is 12.2 Å². The fourth-order valence-electron chi connectivity index (χ4n) is 4.25. The number of rotatable bonds is 4. The van der Waals surface area contributed by atoms with Gasteiger partial charge in [-0.3, -0.25) is 4.79 Å². The van der Waals surface area contributed by atoms with E-state index in [1.807, 2.05) is 12.1 Å². The summed E-state index contributed by atoms with van der Waals surface area (Å²) in [5, 5.41) is 16.4. The molecule has 1 saturated carbocycles. The Bertz CT molecular complexity index is 1050. The highest BCUT2D eigenvalue weighted by atomic mass is 16.5. The molecule has 7 heteroatoms. The molecule has 1 atom stereocenters. The van der Waals surface area contributed by atoms with Crippen LogP contribution in [0.25, 0.3) is 11.0 Å². The number of carbonyl (C=O) groups is 1. The van der Waals surface area contributed by atoms with Crippen molar-refractivity contribution in [2.45, 2.75) is 57.9 Å². The number of para-hydroxylation sites is 1. The lowest BCUT2D eigenvalue weighted by molar-refractivity contribution is 0.0911. The third-order valence-electron chi connectivity index (χ3n) is 5.85. The molecule has 3 aromatic rings. The van der Waals surface area contributed by atoms with Crippen molar-refractivity contribution in [1.29, 1.82) is 5.26 Å². The van der Waals surface area contributed by atoms with Gasteiger partial charge in [-0.05, 0) is 37.8 Å². The van der Waals surface area contributed by atoms with E-state index < -0.39 is 0 Å². The minimum Gasteiger partial charge on any atom is -0.364 e. The highest BCUT2D eigenvalue weighted by Gasteiger charge is 2.29. The fourth-order valence-corrected chi connectivity index (χ4v) is 4.25. The number of H-pyrrole nitrogens is 1. The van der Waals surface area contributed by atoms with Crippen LogP contribution in [-0.4, -0.2) is 21.0 Å². The molecule has 2 aromatic heterocycles. The highest BCUT2D eigenvalue weighted by Crippen LogP contribution is 2.33. The quantitative estimate of drug-likeness (QED) is 0.642. The number of amides is 1. The molecule has 1 unspecified atom stereocenters. The average molecular weight is 396 g/mol. The number of carbonyl (C=O) groups excluding carboxylic acids is 1. The summed E-state index contributed by atoms with van der Waals surface area (Å²) in [7, 11) is 0. The van der Waals surface area contributed by atoms with Crippen molar-refractivity contribution in [1.82, 2.24) is 20.4 Å². The van der Waals surface area contributed by atoms with Gasteiger partial charge in [-0.2, -0.15) is 5.26 Å². The van der Waals surface area contributed by atoms with Crippen LogP contribution in [0.5, 0.6) is 0 Å². The third-order valence-corrected chi connectivity index (χ3v) is 5.85. The van der Waals surface area contributed by atoms with E-state index in [4.69, 9.17) is 9.51 Å². The molecule has 1 aromatic carbocycles. The SMILES string of the molecule is Cc1nocc1C(=O)NC(c1nc2c(C#N)cccc2[nH]1)C1CCCCCCC1.[HH].[HH]. The number of fused-ring (bicyclic) bond motifs is 1. The number of aromatic nitrogens is 3. The van der Waals surface area contributed by atoms with E-state index >= 15 is 0 Å². The van der Waals surface area contributed by atoms with Gasteiger partial charge < -0.3 is 14.8 Å². The number of nitriles is 1. The summed E-state index contributed by atoms with van der Waals surface area (Å²) in [6.45, 7) is 1.75. The van der Waals surface area contributed by atoms with Crippen molar-refractivity contribution in [2.24, 2.45) is 5.92 Å². The zero-order valence-electron chi connectivity index (χ0n) is 16.6. The third kappa shape index (κ3) is 4.02. The normalized spacial score (nSPS) is 16.7. The maximum absolute atomic E-state index is 12.9. The Morgan fingerprint density at radius 1 is 1.31 bits per heavy atom. The van der Waals surface area contributed by atoms with Crippen molar-refractivity contribution in [3.05, 3.63) is 47.1 Å². The van der Waals surface area contributed by atoms with Gasteiger partial charge in [0.1, 0.15) is 29.2 Å². The molecule has 2 N–H and O–H groups in total. The van der Waals surface area contributed by atoms with Crippen LogP contribution >= 0.6 is 0 Å². The molecule has 0 radical (unpaired) electrons. The standard InChI is InChI=1S/C22H25N5O2.2H2/c1-14-17(13-29-27-14)22(28)26-20(15-8-5-3-2-4-6-9-15)21-24-18-11-7-10-16(12-23)19(18)25-21;;/h7,10-11,13,15,20H,2-6,8-9H2,1H3,(H,24,25)(H,26,28);2*1H. The Morgan fingerprint density at radius 2 is 2.07 bits per heavy atom. The molecule has 0 saturated heterocycles. The molecule has 1 amide bonds. The first-order chi connectivity index (χ1) is 14.2. The van der Waals surface area contributed by atoms with E-state index in [1.54, 1.807) is 13.0 Å². The van der Waals surface area contributed by atoms with Gasteiger partial charge in [0.2, 0.25) is 0 Å². The molecule has 1 aliphatic rings. The summed E-state index contributed by atoms with van der Waals surface area (Å²) < 4.78 is 4.94. The predicted octanol–water partition coefficient (Wildman–Crippen LogP) is 5.05. The predicted molar refractivity (Wildman–Crippen MR) is 112 cm³/mol. The minimum atomic E-state index is -0.256. The highest BCUT2D eigenvalue weighted by molar-refractivity contribution is 5.95. The van der Waals surface area contributed by atoms with E-state index in [1.165, 1.54) is 25.5 Å². The Hall–Kier alpha value is -3.14. The van der Waals surface area contributed by atoms with Crippen LogP contribution in [0.15, 0.2) is 29.0 Å². The van der Waals surface area contributed by atoms with Crippen molar-refractivity contribution in [2.75, 3.05) is 0 Å². The summed E-state index contributed by atoms with van der Waals surface area (Å²) in [6.07, 6.45) is 9.47. The Kier molecular flexibility index (Phi) is 5.61. The number of nitrogens with zero attached hydrogens (tertiary/aromatic N) is 3. The van der Waals surface area contributed by atoms with E-state index in [0.29, 0.717) is 28.2 Å². The average Bonchev–Trinajstić information content (AvgIpc) is 3.32. The molecule has 0 spiro atoms. The number of aromatic amines is 1. The zero-order chi connectivity index (χ0) is 20.2. The van der Waals surface area contributed by atoms with E-state index in [0.717, 1.165) is 31.2 Å². The van der Waals surface area contributed by atoms with Gasteiger partial charge in [0.15, 0.2) is 0 Å². The van der Waals surface area contributed by atoms with E-state index in [-0.39, 0.29) is 20.7 Å². The molecular formula is C22H29N5O2. The zero-order valence-corrected chi connectivity index (χ0v) is 16.6. The van der Waals surface area contributed by atoms with Crippen LogP contribution in [0.1, 0.15) is 81.3 Å². The van der Waals surface area contributed by atoms with Gasteiger partial charge in [-0.15, -0.1) is 0 Å². The first-order valence-electron chi connectivity index (χ1n) is 10.3. The second kappa shape index (κ2) is 8.48. The molecule has 1 fully saturated rings. The minimum absolute atomic E-state index is 0. The molecule has 0 bridgehead atoms. The Balaban J connectivity index is 0.00000171. The van der Waals surface area contributed by atoms with Crippen LogP contribution in [0.4, 0.5) is 0 Å². The fraction of sp³-hybridized carbons (Fsp3) is 0.455. The Morgan fingerprint density at radius 3 is 2.76 bits per heavy atom. The van der Waals surface area contributed by atoms with E-state index in [9.17, 15) is 10.1 Å². The molecule has 29 heavy (non-hydrogen) atoms. The molecule has 0 aliphatic heterocycles. The van der Waals surface area contributed by atoms with Crippen LogP contribution < -0.4 is 5.32 Å². The molecule has 154 valence electrons. The second-order valence-electron chi connectivity index (χ2n) is 7.81. The lowest BCUT2D eigenvalue weighted by Gasteiger charge is -2.28. The number of hydrogen-bond acceptors (Lipinski definition) is 5. The molecular weight excluding hydrogens is 366 g/mol. The van der Waals surface area contributed by atoms with Crippen LogP contribution in [0, 0.1) is 24.2 Å². The molecule has 1 aliphatic carbocycles. The molecule has 7 nitrogen and oxygen atoms in total. The van der Waals surface area contributed by atoms with E-state index in [2.05, 4.69) is 21.5 Å². The summed E-state index contributed by atoms with van der Waals surface area (Å²) in [4.78, 5) is 21.0. The van der Waals surface area contributed by atoms with Gasteiger partial charge >= 0.3 is 0 Å². The Labute approximate surface area is 172 Å². The summed E-state index contributed by atoms with van der Waals surface area (Å²) >= 11 is 0. The monoisotopic (exact) mass is 395 g/mol. The number of hydrogen-bond donors (Lipinski definition) is 2. The van der Waals surface area contributed by atoms with Gasteiger partial charge in [0.25, 0.3) is 5.91 Å². The maximum Gasteiger partial charge on any atom is 0.257 e. The smallest absolute Gasteiger partial charge is 0.257 e. The molecule has 4 rings (SSSR count). The number of aryl methyl sites for hydroxylation is 1. The van der Waals surface area contributed by atoms with Gasteiger partial charge in [0.05, 0.1) is 22.8 Å². The van der Waals surface area contributed by atoms with Crippen molar-refractivity contribution in [3.63, 3.8) is 0 Å². The van der Waals surface area contributed by atoms with Gasteiger partial charge in [-0.1, -0.05) is 43.3 Å². The van der Waals surface area contributed by atoms with Crippen molar-refractivity contribution >= 4 is 16.9 Å². The van der Waals surface area contributed by atoms with Crippen LogP contribution in [0.3, 0.4) is 0 Å². The first-order valence-corrected chi connectivity index (χ1v) is 10.3. The first kappa shape index (κ1) is 19.2. The number of benzene rings is 1. The topological polar surface area (TPSA) is 108 Å². The van der Waals surface area contributed by atoms with Crippen molar-refractivity contribution in [3.8, 4) is 6.07 Å². The summed E-state index contributed by atoms with van der Waals surface area (Å²) in [6, 6.07) is 7.46. The lowest BCUT2D eigenvalue weighted by Crippen LogP contribution is -2.35. The number of nitrogens with one attached hydrogen (secondary N) is 2. The number of imidazole rings is 1. The largest absolute Gasteiger partial charge is 0.364 e. The summed E-state index contributed by atoms with van der Waals surface area (Å²) in [5.74, 6) is 0.776. The van der Waals surface area contributed by atoms with Crippen LogP contribution in [0.2, 0.25) is 0 Å². The van der Waals surface area contributed by atoms with Gasteiger partial charge in [-0.25, -0.2) is 4.98 Å². The van der Waals surface area contributed by atoms with Crippen LogP contribution in [-0.2, 0) is 0 Å². The second-order valence-corrected chi connectivity index (χ2v) is 7.81. The summed E-state index contributed by atoms with van der Waals surface area (Å²) in [5.41, 5.74) is 2.99.